The molecule has 0 aliphatic carbocycles. The Balaban J connectivity index is 1.48. The summed E-state index contributed by atoms with van der Waals surface area (Å²) in [6.07, 6.45) is 6.74. The topological polar surface area (TPSA) is 83.8 Å². The smallest absolute Gasteiger partial charge is 0.221 e. The zero-order chi connectivity index (χ0) is 13.8. The van der Waals surface area contributed by atoms with E-state index in [-0.39, 0.29) is 0 Å². The van der Waals surface area contributed by atoms with Crippen molar-refractivity contribution in [3.8, 4) is 0 Å². The number of aryl methyl sites for hydroxylation is 1. The number of unbranched alkanes of at least 4 members (excludes halogenated alkanes) is 1. The number of imidazole rings is 1. The molecule has 3 aromatic heterocycles. The standard InChI is InChI=1S/C12H14BrN7/c13-12-18-17-11-5-4-10(19-20(11)12)14-6-2-1-3-9-15-7-8-16-9/h4-5,7-8H,1-3,6H2,(H,14,19)(H,15,16). The molecule has 0 radical (unpaired) electrons. The van der Waals surface area contributed by atoms with Crippen molar-refractivity contribution in [2.24, 2.45) is 0 Å². The van der Waals surface area contributed by atoms with E-state index in [0.29, 0.717) is 4.73 Å². The van der Waals surface area contributed by atoms with Gasteiger partial charge < -0.3 is 10.3 Å². The van der Waals surface area contributed by atoms with Gasteiger partial charge >= 0.3 is 0 Å². The minimum Gasteiger partial charge on any atom is -0.369 e. The molecule has 0 amide bonds. The van der Waals surface area contributed by atoms with Crippen LogP contribution in [0.4, 0.5) is 5.82 Å². The number of aromatic nitrogens is 6. The first-order chi connectivity index (χ1) is 9.83. The maximum absolute atomic E-state index is 4.40. The van der Waals surface area contributed by atoms with Crippen molar-refractivity contribution in [1.82, 2.24) is 29.8 Å². The first-order valence-corrected chi connectivity index (χ1v) is 7.22. The quantitative estimate of drug-likeness (QED) is 0.673. The number of hydrogen-bond donors (Lipinski definition) is 2. The number of fused-ring (bicyclic) bond motifs is 1. The van der Waals surface area contributed by atoms with Crippen LogP contribution < -0.4 is 5.32 Å². The Morgan fingerprint density at radius 1 is 1.25 bits per heavy atom. The van der Waals surface area contributed by atoms with Gasteiger partial charge in [-0.15, -0.1) is 15.3 Å². The summed E-state index contributed by atoms with van der Waals surface area (Å²) in [7, 11) is 0. The van der Waals surface area contributed by atoms with Crippen LogP contribution in [0.3, 0.4) is 0 Å². The molecule has 0 unspecified atom stereocenters. The molecule has 0 atom stereocenters. The molecule has 3 aromatic rings. The number of nitrogens with one attached hydrogen (secondary N) is 2. The largest absolute Gasteiger partial charge is 0.369 e. The molecular weight excluding hydrogens is 322 g/mol. The van der Waals surface area contributed by atoms with Crippen LogP contribution in [0.25, 0.3) is 5.65 Å². The summed E-state index contributed by atoms with van der Waals surface area (Å²) in [6, 6.07) is 3.79. The summed E-state index contributed by atoms with van der Waals surface area (Å²) < 4.78 is 2.26. The molecule has 0 saturated carbocycles. The maximum atomic E-state index is 4.40. The summed E-state index contributed by atoms with van der Waals surface area (Å²) in [4.78, 5) is 7.30. The predicted molar refractivity (Wildman–Crippen MR) is 78.5 cm³/mol. The van der Waals surface area contributed by atoms with E-state index in [1.807, 2.05) is 18.3 Å². The van der Waals surface area contributed by atoms with Gasteiger partial charge in [0.15, 0.2) is 5.65 Å². The third-order valence-electron chi connectivity index (χ3n) is 2.93. The lowest BCUT2D eigenvalue weighted by atomic mass is 10.2. The van der Waals surface area contributed by atoms with E-state index in [9.17, 15) is 0 Å². The highest BCUT2D eigenvalue weighted by atomic mass is 79.9. The van der Waals surface area contributed by atoms with Crippen molar-refractivity contribution < 1.29 is 0 Å². The molecule has 7 nitrogen and oxygen atoms in total. The number of anilines is 1. The Hall–Kier alpha value is -1.96. The molecule has 2 N–H and O–H groups in total. The van der Waals surface area contributed by atoms with E-state index < -0.39 is 0 Å². The Kier molecular flexibility index (Phi) is 3.91. The van der Waals surface area contributed by atoms with Crippen LogP contribution in [0.15, 0.2) is 29.3 Å². The third-order valence-corrected chi connectivity index (χ3v) is 3.42. The minimum atomic E-state index is 0.606. The number of H-pyrrole nitrogens is 1. The summed E-state index contributed by atoms with van der Waals surface area (Å²) >= 11 is 3.30. The first kappa shape index (κ1) is 13.0. The second-order valence-corrected chi connectivity index (χ2v) is 5.09. The van der Waals surface area contributed by atoms with Gasteiger partial charge in [0.05, 0.1) is 0 Å². The Morgan fingerprint density at radius 2 is 2.20 bits per heavy atom. The number of rotatable bonds is 6. The van der Waals surface area contributed by atoms with Gasteiger partial charge in [0, 0.05) is 25.4 Å². The van der Waals surface area contributed by atoms with Gasteiger partial charge in [-0.3, -0.25) is 0 Å². The van der Waals surface area contributed by atoms with Crippen molar-refractivity contribution in [2.45, 2.75) is 19.3 Å². The highest BCUT2D eigenvalue weighted by molar-refractivity contribution is 9.10. The fraction of sp³-hybridized carbons (Fsp3) is 0.333. The molecule has 3 rings (SSSR count). The lowest BCUT2D eigenvalue weighted by molar-refractivity contribution is 0.734. The third kappa shape index (κ3) is 2.96. The summed E-state index contributed by atoms with van der Waals surface area (Å²) in [6.45, 7) is 0.874. The lowest BCUT2D eigenvalue weighted by Gasteiger charge is -2.05. The highest BCUT2D eigenvalue weighted by Crippen LogP contribution is 2.11. The van der Waals surface area contributed by atoms with Crippen molar-refractivity contribution >= 4 is 27.4 Å². The van der Waals surface area contributed by atoms with E-state index in [2.05, 4.69) is 46.5 Å². The van der Waals surface area contributed by atoms with Gasteiger partial charge in [0.25, 0.3) is 0 Å². The predicted octanol–water partition coefficient (Wildman–Crippen LogP) is 2.04. The number of halogens is 1. The fourth-order valence-electron chi connectivity index (χ4n) is 1.93. The van der Waals surface area contributed by atoms with E-state index in [0.717, 1.165) is 43.1 Å². The number of aromatic amines is 1. The van der Waals surface area contributed by atoms with Crippen molar-refractivity contribution in [1.29, 1.82) is 0 Å². The van der Waals surface area contributed by atoms with Crippen LogP contribution in [0.1, 0.15) is 18.7 Å². The van der Waals surface area contributed by atoms with Crippen LogP contribution in [0.2, 0.25) is 0 Å². The molecule has 0 aromatic carbocycles. The summed E-state index contributed by atoms with van der Waals surface area (Å²) in [5.41, 5.74) is 0.722. The molecule has 8 heteroatoms. The molecule has 104 valence electrons. The van der Waals surface area contributed by atoms with E-state index in [4.69, 9.17) is 0 Å². The second kappa shape index (κ2) is 6.00. The molecule has 20 heavy (non-hydrogen) atoms. The zero-order valence-electron chi connectivity index (χ0n) is 10.8. The monoisotopic (exact) mass is 335 g/mol. The summed E-state index contributed by atoms with van der Waals surface area (Å²) in [5.74, 6) is 1.86. The average molecular weight is 336 g/mol. The van der Waals surface area contributed by atoms with Crippen molar-refractivity contribution in [3.63, 3.8) is 0 Å². The molecule has 0 aliphatic rings. The molecule has 0 fully saturated rings. The van der Waals surface area contributed by atoms with Gasteiger partial charge in [0.2, 0.25) is 4.73 Å². The molecule has 0 saturated heterocycles. The molecule has 3 heterocycles. The molecule has 0 spiro atoms. The van der Waals surface area contributed by atoms with Crippen LogP contribution in [-0.4, -0.2) is 36.3 Å². The molecular formula is C12H14BrN7. The van der Waals surface area contributed by atoms with Gasteiger partial charge in [-0.05, 0) is 40.9 Å². The Bertz CT molecular complexity index is 676. The van der Waals surface area contributed by atoms with Gasteiger partial charge in [-0.1, -0.05) is 0 Å². The van der Waals surface area contributed by atoms with E-state index in [1.54, 1.807) is 10.7 Å². The van der Waals surface area contributed by atoms with Crippen molar-refractivity contribution in [3.05, 3.63) is 35.1 Å². The van der Waals surface area contributed by atoms with Gasteiger partial charge in [-0.25, -0.2) is 4.98 Å². The Labute approximate surface area is 124 Å². The van der Waals surface area contributed by atoms with E-state index >= 15 is 0 Å². The van der Waals surface area contributed by atoms with Gasteiger partial charge in [-0.2, -0.15) is 4.52 Å². The number of hydrogen-bond acceptors (Lipinski definition) is 5. The van der Waals surface area contributed by atoms with Crippen LogP contribution in [0, 0.1) is 0 Å². The number of nitrogens with zero attached hydrogens (tertiary/aromatic N) is 5. The Morgan fingerprint density at radius 3 is 3.05 bits per heavy atom. The maximum Gasteiger partial charge on any atom is 0.221 e. The molecule has 0 bridgehead atoms. The normalized spacial score (nSPS) is 11.1. The molecule has 0 aliphatic heterocycles. The lowest BCUT2D eigenvalue weighted by Crippen LogP contribution is -2.06. The summed E-state index contributed by atoms with van der Waals surface area (Å²) in [5, 5.41) is 15.6. The first-order valence-electron chi connectivity index (χ1n) is 6.43. The SMILES string of the molecule is Brc1nnc2ccc(NCCCCc3ncc[nH]3)nn12. The van der Waals surface area contributed by atoms with Crippen LogP contribution in [-0.2, 0) is 6.42 Å². The van der Waals surface area contributed by atoms with E-state index in [1.165, 1.54) is 0 Å². The minimum absolute atomic E-state index is 0.606. The second-order valence-electron chi connectivity index (χ2n) is 4.38. The fourth-order valence-corrected chi connectivity index (χ4v) is 2.27. The van der Waals surface area contributed by atoms with Crippen LogP contribution in [0.5, 0.6) is 0 Å². The highest BCUT2D eigenvalue weighted by Gasteiger charge is 2.04. The van der Waals surface area contributed by atoms with Gasteiger partial charge in [0.1, 0.15) is 11.6 Å². The van der Waals surface area contributed by atoms with Crippen molar-refractivity contribution in [2.75, 3.05) is 11.9 Å². The average Bonchev–Trinajstić information content (AvgIpc) is 3.09. The van der Waals surface area contributed by atoms with Crippen LogP contribution >= 0.6 is 15.9 Å². The zero-order valence-corrected chi connectivity index (χ0v) is 12.3.